The number of rotatable bonds is 4. The summed E-state index contributed by atoms with van der Waals surface area (Å²) in [6.07, 6.45) is 14.0. The van der Waals surface area contributed by atoms with Crippen LogP contribution >= 0.6 is 24.0 Å². The van der Waals surface area contributed by atoms with Gasteiger partial charge in [-0.25, -0.2) is 0 Å². The maximum Gasteiger partial charge on any atom is 0.193 e. The molecule has 4 rings (SSSR count). The van der Waals surface area contributed by atoms with Crippen LogP contribution in [-0.2, 0) is 6.42 Å². The molecule has 1 aliphatic heterocycles. The lowest BCUT2D eigenvalue weighted by Crippen LogP contribution is -2.50. The molecule has 0 bridgehead atoms. The zero-order valence-electron chi connectivity index (χ0n) is 17.6. The molecule has 1 spiro atoms. The predicted octanol–water partition coefficient (Wildman–Crippen LogP) is 4.29. The number of hydrogen-bond acceptors (Lipinski definition) is 3. The number of aliphatic imine (C=N–C) groups is 1. The molecule has 1 saturated heterocycles. The lowest BCUT2D eigenvalue weighted by atomic mass is 9.74. The highest BCUT2D eigenvalue weighted by Crippen LogP contribution is 2.42. The fraction of sp³-hybridized carbons (Fsp3) is 0.682. The molecule has 0 atom stereocenters. The average Bonchev–Trinajstić information content (AvgIpc) is 3.00. The van der Waals surface area contributed by atoms with Gasteiger partial charge in [-0.1, -0.05) is 31.7 Å². The Kier molecular flexibility index (Phi) is 8.15. The maximum atomic E-state index is 4.97. The first-order valence-electron chi connectivity index (χ1n) is 11.1. The van der Waals surface area contributed by atoms with Crippen molar-refractivity contribution in [2.75, 3.05) is 26.2 Å². The number of nitrogens with one attached hydrogen (secondary N) is 1. The van der Waals surface area contributed by atoms with Gasteiger partial charge in [-0.3, -0.25) is 9.39 Å². The molecule has 0 amide bonds. The number of pyridine rings is 1. The van der Waals surface area contributed by atoms with Gasteiger partial charge in [-0.15, -0.1) is 34.2 Å². The molecule has 2 aromatic heterocycles. The van der Waals surface area contributed by atoms with Crippen LogP contribution in [0.2, 0.25) is 0 Å². The van der Waals surface area contributed by atoms with Crippen molar-refractivity contribution in [1.29, 1.82) is 0 Å². The van der Waals surface area contributed by atoms with E-state index >= 15 is 0 Å². The van der Waals surface area contributed by atoms with Gasteiger partial charge >= 0.3 is 0 Å². The fourth-order valence-electron chi connectivity index (χ4n) is 5.02. The van der Waals surface area contributed by atoms with Gasteiger partial charge in [0.1, 0.15) is 5.82 Å². The molecule has 1 N–H and O–H groups in total. The molecule has 7 heteroatoms. The molecule has 0 unspecified atom stereocenters. The van der Waals surface area contributed by atoms with Gasteiger partial charge < -0.3 is 10.2 Å². The summed E-state index contributed by atoms with van der Waals surface area (Å²) in [5.41, 5.74) is 1.42. The van der Waals surface area contributed by atoms with E-state index in [0.717, 1.165) is 43.5 Å². The summed E-state index contributed by atoms with van der Waals surface area (Å²) in [7, 11) is 0. The van der Waals surface area contributed by atoms with Crippen LogP contribution in [-0.4, -0.2) is 51.6 Å². The highest BCUT2D eigenvalue weighted by atomic mass is 127. The third-order valence-electron chi connectivity index (χ3n) is 6.44. The van der Waals surface area contributed by atoms with E-state index in [4.69, 9.17) is 4.99 Å². The summed E-state index contributed by atoms with van der Waals surface area (Å²) >= 11 is 0. The van der Waals surface area contributed by atoms with Crippen LogP contribution in [0.25, 0.3) is 5.65 Å². The second-order valence-electron chi connectivity index (χ2n) is 8.47. The number of halogens is 1. The number of guanidine groups is 1. The molecule has 3 heterocycles. The minimum Gasteiger partial charge on any atom is -0.357 e. The minimum atomic E-state index is 0. The first kappa shape index (κ1) is 22.3. The summed E-state index contributed by atoms with van der Waals surface area (Å²) in [6.45, 7) is 6.11. The molecule has 0 aromatic carbocycles. The summed E-state index contributed by atoms with van der Waals surface area (Å²) in [4.78, 5) is 7.50. The zero-order valence-corrected chi connectivity index (χ0v) is 20.0. The lowest BCUT2D eigenvalue weighted by molar-refractivity contribution is 0.115. The number of piperidine rings is 1. The van der Waals surface area contributed by atoms with E-state index in [-0.39, 0.29) is 24.0 Å². The molecule has 160 valence electrons. The van der Waals surface area contributed by atoms with Crippen LogP contribution in [0.1, 0.15) is 64.1 Å². The van der Waals surface area contributed by atoms with Crippen molar-refractivity contribution in [3.8, 4) is 0 Å². The van der Waals surface area contributed by atoms with E-state index in [1.54, 1.807) is 0 Å². The Morgan fingerprint density at radius 2 is 1.90 bits per heavy atom. The number of nitrogens with zero attached hydrogens (tertiary/aromatic N) is 5. The number of hydrogen-bond donors (Lipinski definition) is 1. The molecule has 2 aliphatic rings. The molecule has 2 fully saturated rings. The van der Waals surface area contributed by atoms with E-state index in [0.29, 0.717) is 5.41 Å². The van der Waals surface area contributed by atoms with E-state index < -0.39 is 0 Å². The van der Waals surface area contributed by atoms with Crippen LogP contribution in [0.4, 0.5) is 0 Å². The summed E-state index contributed by atoms with van der Waals surface area (Å²) < 4.78 is 2.06. The van der Waals surface area contributed by atoms with Gasteiger partial charge in [0, 0.05) is 38.8 Å². The second-order valence-corrected chi connectivity index (χ2v) is 8.47. The lowest BCUT2D eigenvalue weighted by Gasteiger charge is -2.44. The highest BCUT2D eigenvalue weighted by Gasteiger charge is 2.36. The smallest absolute Gasteiger partial charge is 0.193 e. The van der Waals surface area contributed by atoms with Crippen molar-refractivity contribution >= 4 is 35.6 Å². The topological polar surface area (TPSA) is 57.8 Å². The van der Waals surface area contributed by atoms with Gasteiger partial charge in [0.25, 0.3) is 0 Å². The standard InChI is InChI=1S/C22H34N6.HI/c1-2-23-21(24-15-11-20-26-25-19-10-5-8-17-28(19)20)27-16-9-14-22(18-27)12-6-3-4-7-13-22;/h5,8,10,17H,2-4,6-7,9,11-16,18H2,1H3,(H,23,24);1H. The summed E-state index contributed by atoms with van der Waals surface area (Å²) in [6, 6.07) is 6.01. The van der Waals surface area contributed by atoms with Crippen molar-refractivity contribution in [2.45, 2.75) is 64.7 Å². The normalized spacial score (nSPS) is 19.8. The second kappa shape index (κ2) is 10.6. The number of aromatic nitrogens is 3. The Morgan fingerprint density at radius 3 is 2.69 bits per heavy atom. The monoisotopic (exact) mass is 510 g/mol. The maximum absolute atomic E-state index is 4.97. The Hall–Kier alpha value is -1.38. The van der Waals surface area contributed by atoms with E-state index in [2.05, 4.69) is 31.7 Å². The van der Waals surface area contributed by atoms with Crippen molar-refractivity contribution in [3.63, 3.8) is 0 Å². The number of fused-ring (bicyclic) bond motifs is 1. The predicted molar refractivity (Wildman–Crippen MR) is 129 cm³/mol. The van der Waals surface area contributed by atoms with Crippen LogP contribution < -0.4 is 5.32 Å². The van der Waals surface area contributed by atoms with E-state index in [9.17, 15) is 0 Å². The van der Waals surface area contributed by atoms with Crippen LogP contribution in [0.3, 0.4) is 0 Å². The first-order valence-corrected chi connectivity index (χ1v) is 11.1. The van der Waals surface area contributed by atoms with Gasteiger partial charge in [0.15, 0.2) is 11.6 Å². The highest BCUT2D eigenvalue weighted by molar-refractivity contribution is 14.0. The molecule has 2 aromatic rings. The minimum absolute atomic E-state index is 0. The van der Waals surface area contributed by atoms with Crippen molar-refractivity contribution < 1.29 is 0 Å². The molecule has 1 aliphatic carbocycles. The third kappa shape index (κ3) is 5.41. The Morgan fingerprint density at radius 1 is 1.10 bits per heavy atom. The molecule has 29 heavy (non-hydrogen) atoms. The Balaban J connectivity index is 0.00000240. The Bertz CT molecular complexity index is 793. The van der Waals surface area contributed by atoms with Crippen molar-refractivity contribution in [2.24, 2.45) is 10.4 Å². The molecule has 0 radical (unpaired) electrons. The van der Waals surface area contributed by atoms with Crippen LogP contribution in [0.15, 0.2) is 29.4 Å². The van der Waals surface area contributed by atoms with Gasteiger partial charge in [0.2, 0.25) is 0 Å². The summed E-state index contributed by atoms with van der Waals surface area (Å²) in [5.74, 6) is 2.06. The largest absolute Gasteiger partial charge is 0.357 e. The van der Waals surface area contributed by atoms with Gasteiger partial charge in [-0.05, 0) is 50.2 Å². The van der Waals surface area contributed by atoms with Crippen molar-refractivity contribution in [1.82, 2.24) is 24.8 Å². The zero-order chi connectivity index (χ0) is 19.2. The SMILES string of the molecule is CCNC(=NCCc1nnc2ccccn12)N1CCCC2(CCCCCC2)C1.I. The molecule has 6 nitrogen and oxygen atoms in total. The molecule has 1 saturated carbocycles. The average molecular weight is 510 g/mol. The van der Waals surface area contributed by atoms with Crippen molar-refractivity contribution in [3.05, 3.63) is 30.2 Å². The molecular formula is C22H35IN6. The fourth-order valence-corrected chi connectivity index (χ4v) is 5.02. The van der Waals surface area contributed by atoms with Crippen LogP contribution in [0.5, 0.6) is 0 Å². The van der Waals surface area contributed by atoms with Crippen LogP contribution in [0, 0.1) is 5.41 Å². The molecular weight excluding hydrogens is 475 g/mol. The number of likely N-dealkylation sites (tertiary alicyclic amines) is 1. The van der Waals surface area contributed by atoms with E-state index in [1.807, 2.05) is 24.4 Å². The first-order chi connectivity index (χ1) is 13.8. The summed E-state index contributed by atoms with van der Waals surface area (Å²) in [5, 5.41) is 12.1. The van der Waals surface area contributed by atoms with E-state index in [1.165, 1.54) is 57.9 Å². The third-order valence-corrected chi connectivity index (χ3v) is 6.44. The quantitative estimate of drug-likeness (QED) is 0.379. The van der Waals surface area contributed by atoms with Gasteiger partial charge in [-0.2, -0.15) is 0 Å². The van der Waals surface area contributed by atoms with Gasteiger partial charge in [0.05, 0.1) is 0 Å². The Labute approximate surface area is 191 Å².